The molecule has 6 heteroatoms. The molecule has 0 aliphatic heterocycles. The van der Waals surface area contributed by atoms with Gasteiger partial charge in [0.1, 0.15) is 16.0 Å². The van der Waals surface area contributed by atoms with Crippen LogP contribution in [0.4, 0.5) is 0 Å². The number of hydrogen-bond donors (Lipinski definition) is 2. The third-order valence-corrected chi connectivity index (χ3v) is 3.82. The lowest BCUT2D eigenvalue weighted by atomic mass is 10.1. The Kier molecular flexibility index (Phi) is 2.99. The van der Waals surface area contributed by atoms with E-state index >= 15 is 0 Å². The van der Waals surface area contributed by atoms with Crippen LogP contribution in [0.2, 0.25) is 0 Å². The molecule has 0 spiro atoms. The summed E-state index contributed by atoms with van der Waals surface area (Å²) in [5, 5.41) is 21.2. The predicted molar refractivity (Wildman–Crippen MR) is 66.3 cm³/mol. The fraction of sp³-hybridized carbons (Fsp3) is 0. The first kappa shape index (κ1) is 10.9. The molecule has 2 aromatic rings. The largest absolute Gasteiger partial charge is 0.506 e. The van der Waals surface area contributed by atoms with Crippen molar-refractivity contribution in [2.75, 3.05) is 0 Å². The highest BCUT2D eigenvalue weighted by molar-refractivity contribution is 9.11. The highest BCUT2D eigenvalue weighted by Gasteiger charge is 2.16. The van der Waals surface area contributed by atoms with Crippen LogP contribution >= 0.6 is 43.2 Å². The molecule has 15 heavy (non-hydrogen) atoms. The van der Waals surface area contributed by atoms with Crippen molar-refractivity contribution >= 4 is 43.2 Å². The Morgan fingerprint density at radius 1 is 1.20 bits per heavy atom. The van der Waals surface area contributed by atoms with Gasteiger partial charge in [0.25, 0.3) is 0 Å². The van der Waals surface area contributed by atoms with Crippen molar-refractivity contribution in [3.8, 4) is 22.8 Å². The Morgan fingerprint density at radius 2 is 1.93 bits per heavy atom. The van der Waals surface area contributed by atoms with Gasteiger partial charge in [0, 0.05) is 10.9 Å². The maximum atomic E-state index is 9.81. The number of hydrogen-bond acceptors (Lipinski definition) is 4. The molecule has 0 fully saturated rings. The van der Waals surface area contributed by atoms with Gasteiger partial charge in [0.15, 0.2) is 0 Å². The summed E-state index contributed by atoms with van der Waals surface area (Å²) in [6, 6.07) is 1.63. The molecule has 0 saturated carbocycles. The van der Waals surface area contributed by atoms with E-state index < -0.39 is 0 Å². The molecule has 2 N–H and O–H groups in total. The molecule has 0 atom stereocenters. The minimum Gasteiger partial charge on any atom is -0.506 e. The van der Waals surface area contributed by atoms with E-state index in [4.69, 9.17) is 0 Å². The van der Waals surface area contributed by atoms with Crippen LogP contribution in [-0.4, -0.2) is 15.2 Å². The molecule has 0 unspecified atom stereocenters. The molecule has 1 aromatic carbocycles. The average molecular weight is 351 g/mol. The van der Waals surface area contributed by atoms with Crippen LogP contribution in [-0.2, 0) is 0 Å². The number of benzene rings is 1. The number of aromatic nitrogens is 1. The Balaban J connectivity index is 2.69. The van der Waals surface area contributed by atoms with Gasteiger partial charge in [-0.2, -0.15) is 0 Å². The fourth-order valence-electron chi connectivity index (χ4n) is 1.14. The monoisotopic (exact) mass is 349 g/mol. The van der Waals surface area contributed by atoms with Crippen molar-refractivity contribution in [1.29, 1.82) is 0 Å². The van der Waals surface area contributed by atoms with Crippen LogP contribution in [0.1, 0.15) is 0 Å². The second kappa shape index (κ2) is 4.11. The summed E-state index contributed by atoms with van der Waals surface area (Å²) >= 11 is 7.76. The molecule has 0 bridgehead atoms. The number of thiazole rings is 1. The third kappa shape index (κ3) is 1.89. The Bertz CT molecular complexity index is 499. The summed E-state index contributed by atoms with van der Waals surface area (Å²) in [7, 11) is 0. The van der Waals surface area contributed by atoms with Crippen LogP contribution in [0.25, 0.3) is 11.3 Å². The molecule has 0 aliphatic carbocycles. The van der Waals surface area contributed by atoms with Crippen molar-refractivity contribution in [1.82, 2.24) is 4.98 Å². The highest BCUT2D eigenvalue weighted by Crippen LogP contribution is 2.44. The molecular weight excluding hydrogens is 346 g/mol. The zero-order valence-electron chi connectivity index (χ0n) is 7.24. The van der Waals surface area contributed by atoms with Crippen LogP contribution in [0.3, 0.4) is 0 Å². The lowest BCUT2D eigenvalue weighted by Crippen LogP contribution is -1.82. The molecule has 2 rings (SSSR count). The standard InChI is InChI=1S/C9H5Br2NO2S/c10-5-1-4(6-2-15-3-12-6)8(13)7(11)9(5)14/h1-3,13-14H. The van der Waals surface area contributed by atoms with Gasteiger partial charge in [-0.15, -0.1) is 11.3 Å². The van der Waals surface area contributed by atoms with Gasteiger partial charge in [0.2, 0.25) is 0 Å². The minimum atomic E-state index is -0.0218. The maximum Gasteiger partial charge on any atom is 0.147 e. The highest BCUT2D eigenvalue weighted by atomic mass is 79.9. The first-order valence-corrected chi connectivity index (χ1v) is 6.42. The number of nitrogens with zero attached hydrogens (tertiary/aromatic N) is 1. The normalized spacial score (nSPS) is 10.5. The van der Waals surface area contributed by atoms with E-state index in [0.29, 0.717) is 15.7 Å². The van der Waals surface area contributed by atoms with E-state index in [2.05, 4.69) is 36.8 Å². The Hall–Kier alpha value is -0.590. The second-order valence-electron chi connectivity index (χ2n) is 2.79. The summed E-state index contributed by atoms with van der Waals surface area (Å²) in [6.07, 6.45) is 0. The molecule has 1 aromatic heterocycles. The van der Waals surface area contributed by atoms with Gasteiger partial charge in [-0.1, -0.05) is 0 Å². The van der Waals surface area contributed by atoms with Crippen molar-refractivity contribution in [2.45, 2.75) is 0 Å². The maximum absolute atomic E-state index is 9.81. The lowest BCUT2D eigenvalue weighted by molar-refractivity contribution is 0.443. The summed E-state index contributed by atoms with van der Waals surface area (Å²) in [5.41, 5.74) is 2.94. The van der Waals surface area contributed by atoms with E-state index in [0.717, 1.165) is 0 Å². The van der Waals surface area contributed by atoms with Crippen LogP contribution in [0, 0.1) is 0 Å². The summed E-state index contributed by atoms with van der Waals surface area (Å²) < 4.78 is 0.773. The van der Waals surface area contributed by atoms with E-state index in [-0.39, 0.29) is 16.0 Å². The number of phenols is 2. The first-order valence-electron chi connectivity index (χ1n) is 3.89. The van der Waals surface area contributed by atoms with Gasteiger partial charge in [-0.3, -0.25) is 0 Å². The molecule has 0 saturated heterocycles. The minimum absolute atomic E-state index is 0.0124. The lowest BCUT2D eigenvalue weighted by Gasteiger charge is -2.07. The van der Waals surface area contributed by atoms with Crippen LogP contribution in [0.5, 0.6) is 11.5 Å². The van der Waals surface area contributed by atoms with Gasteiger partial charge in [-0.05, 0) is 37.9 Å². The number of rotatable bonds is 1. The Labute approximate surface area is 107 Å². The average Bonchev–Trinajstić information content (AvgIpc) is 2.73. The SMILES string of the molecule is Oc1c(Br)cc(-c2cscn2)c(O)c1Br. The van der Waals surface area contributed by atoms with Gasteiger partial charge in [-0.25, -0.2) is 4.98 Å². The van der Waals surface area contributed by atoms with Crippen molar-refractivity contribution in [3.63, 3.8) is 0 Å². The number of halogens is 2. The third-order valence-electron chi connectivity index (χ3n) is 1.88. The number of phenolic OH excluding ortho intramolecular Hbond substituents is 2. The van der Waals surface area contributed by atoms with E-state index in [1.54, 1.807) is 11.6 Å². The van der Waals surface area contributed by atoms with E-state index in [9.17, 15) is 10.2 Å². The zero-order valence-corrected chi connectivity index (χ0v) is 11.2. The second-order valence-corrected chi connectivity index (χ2v) is 5.16. The van der Waals surface area contributed by atoms with E-state index in [1.165, 1.54) is 11.3 Å². The summed E-state index contributed by atoms with van der Waals surface area (Å²) in [6.45, 7) is 0. The smallest absolute Gasteiger partial charge is 0.147 e. The Morgan fingerprint density at radius 3 is 2.53 bits per heavy atom. The van der Waals surface area contributed by atoms with Crippen LogP contribution < -0.4 is 0 Å². The molecule has 0 aliphatic rings. The quantitative estimate of drug-likeness (QED) is 0.823. The van der Waals surface area contributed by atoms with Crippen molar-refractivity contribution in [2.24, 2.45) is 0 Å². The van der Waals surface area contributed by atoms with Crippen molar-refractivity contribution < 1.29 is 10.2 Å². The molecular formula is C9H5Br2NO2S. The summed E-state index contributed by atoms with van der Waals surface area (Å²) in [4.78, 5) is 4.09. The molecule has 3 nitrogen and oxygen atoms in total. The number of aromatic hydroxyl groups is 2. The summed E-state index contributed by atoms with van der Waals surface area (Å²) in [5.74, 6) is -0.0342. The van der Waals surface area contributed by atoms with Gasteiger partial charge >= 0.3 is 0 Å². The van der Waals surface area contributed by atoms with Gasteiger partial charge in [0.05, 0.1) is 15.7 Å². The molecule has 0 amide bonds. The van der Waals surface area contributed by atoms with Gasteiger partial charge < -0.3 is 10.2 Å². The zero-order chi connectivity index (χ0) is 11.0. The fourth-order valence-corrected chi connectivity index (χ4v) is 2.81. The first-order chi connectivity index (χ1) is 7.11. The predicted octanol–water partition coefficient (Wildman–Crippen LogP) is 3.75. The van der Waals surface area contributed by atoms with Crippen LogP contribution in [0.15, 0.2) is 25.9 Å². The molecule has 78 valence electrons. The molecule has 0 radical (unpaired) electrons. The molecule has 1 heterocycles. The van der Waals surface area contributed by atoms with E-state index in [1.807, 2.05) is 5.38 Å². The van der Waals surface area contributed by atoms with Crippen molar-refractivity contribution in [3.05, 3.63) is 25.9 Å². The topological polar surface area (TPSA) is 53.4 Å².